The number of hydrazine groups is 1. The summed E-state index contributed by atoms with van der Waals surface area (Å²) >= 11 is 0. The van der Waals surface area contributed by atoms with Crippen LogP contribution in [0.1, 0.15) is 46.0 Å². The van der Waals surface area contributed by atoms with E-state index in [0.717, 1.165) is 11.1 Å². The van der Waals surface area contributed by atoms with E-state index in [1.54, 1.807) is 27.0 Å². The van der Waals surface area contributed by atoms with Crippen molar-refractivity contribution >= 4 is 11.9 Å². The van der Waals surface area contributed by atoms with Crippen LogP contribution in [-0.4, -0.2) is 19.0 Å². The van der Waals surface area contributed by atoms with E-state index in [-0.39, 0.29) is 6.04 Å². The first-order valence-corrected chi connectivity index (χ1v) is 7.90. The van der Waals surface area contributed by atoms with Gasteiger partial charge in [0.2, 0.25) is 0 Å². The van der Waals surface area contributed by atoms with Crippen molar-refractivity contribution in [1.29, 1.82) is 0 Å². The number of benzene rings is 1. The zero-order valence-corrected chi connectivity index (χ0v) is 15.0. The molecule has 1 unspecified atom stereocenters. The molecule has 3 N–H and O–H groups in total. The molecule has 0 aliphatic heterocycles. The molecule has 2 rings (SSSR count). The van der Waals surface area contributed by atoms with E-state index >= 15 is 0 Å². The summed E-state index contributed by atoms with van der Waals surface area (Å²) in [6.07, 6.45) is 0. The number of hydrogen-bond donors (Lipinski definition) is 3. The number of urea groups is 1. The maximum Gasteiger partial charge on any atom is 0.333 e. The van der Waals surface area contributed by atoms with Gasteiger partial charge < -0.3 is 14.5 Å². The number of nitrogens with one attached hydrogen (secondary N) is 3. The van der Waals surface area contributed by atoms with Gasteiger partial charge >= 0.3 is 6.03 Å². The number of ether oxygens (including phenoxy) is 1. The van der Waals surface area contributed by atoms with Crippen LogP contribution >= 0.6 is 0 Å². The van der Waals surface area contributed by atoms with Crippen molar-refractivity contribution in [2.45, 2.75) is 33.7 Å². The molecule has 0 bridgehead atoms. The molecule has 0 saturated carbocycles. The zero-order valence-electron chi connectivity index (χ0n) is 15.0. The molecule has 3 amide bonds. The molecule has 134 valence electrons. The number of rotatable bonds is 4. The highest BCUT2D eigenvalue weighted by Crippen LogP contribution is 2.25. The van der Waals surface area contributed by atoms with E-state index < -0.39 is 11.9 Å². The first-order chi connectivity index (χ1) is 11.8. The van der Waals surface area contributed by atoms with E-state index in [4.69, 9.17) is 9.15 Å². The molecule has 0 aliphatic carbocycles. The van der Waals surface area contributed by atoms with Crippen LogP contribution in [0.5, 0.6) is 5.75 Å². The molecule has 25 heavy (non-hydrogen) atoms. The average molecular weight is 345 g/mol. The highest BCUT2D eigenvalue weighted by Gasteiger charge is 2.16. The fourth-order valence-corrected chi connectivity index (χ4v) is 2.54. The number of carbonyl (C=O) groups excluding carboxylic acids is 2. The fraction of sp³-hybridized carbons (Fsp3) is 0.333. The molecule has 0 fully saturated rings. The van der Waals surface area contributed by atoms with Crippen molar-refractivity contribution in [3.05, 3.63) is 52.5 Å². The lowest BCUT2D eigenvalue weighted by molar-refractivity contribution is 0.0934. The number of amides is 3. The Kier molecular flexibility index (Phi) is 5.69. The third-order valence-electron chi connectivity index (χ3n) is 3.77. The minimum Gasteiger partial charge on any atom is -0.496 e. The molecular weight excluding hydrogens is 322 g/mol. The summed E-state index contributed by atoms with van der Waals surface area (Å²) in [5, 5.41) is 2.76. The Bertz CT molecular complexity index is 783. The van der Waals surface area contributed by atoms with Crippen LogP contribution in [0.3, 0.4) is 0 Å². The lowest BCUT2D eigenvalue weighted by Crippen LogP contribution is -2.47. The molecule has 1 atom stereocenters. The summed E-state index contributed by atoms with van der Waals surface area (Å²) in [7, 11) is 1.58. The molecule has 0 radical (unpaired) electrons. The smallest absolute Gasteiger partial charge is 0.333 e. The highest BCUT2D eigenvalue weighted by atomic mass is 16.5. The summed E-state index contributed by atoms with van der Waals surface area (Å²) in [4.78, 5) is 24.1. The molecule has 0 saturated heterocycles. The molecule has 2 aromatic rings. The van der Waals surface area contributed by atoms with Gasteiger partial charge in [-0.25, -0.2) is 10.2 Å². The van der Waals surface area contributed by atoms with E-state index in [1.807, 2.05) is 32.0 Å². The Labute approximate surface area is 146 Å². The fourth-order valence-electron chi connectivity index (χ4n) is 2.54. The van der Waals surface area contributed by atoms with Crippen LogP contribution in [0.4, 0.5) is 4.79 Å². The van der Waals surface area contributed by atoms with Crippen LogP contribution < -0.4 is 20.9 Å². The number of aryl methyl sites for hydroxylation is 3. The zero-order chi connectivity index (χ0) is 18.6. The van der Waals surface area contributed by atoms with Crippen LogP contribution in [-0.2, 0) is 0 Å². The van der Waals surface area contributed by atoms with Gasteiger partial charge in [0.15, 0.2) is 0 Å². The van der Waals surface area contributed by atoms with Gasteiger partial charge in [-0.05, 0) is 39.8 Å². The van der Waals surface area contributed by atoms with Gasteiger partial charge in [0, 0.05) is 5.56 Å². The quantitative estimate of drug-likeness (QED) is 0.743. The monoisotopic (exact) mass is 345 g/mol. The molecule has 7 nitrogen and oxygen atoms in total. The van der Waals surface area contributed by atoms with Crippen molar-refractivity contribution in [3.8, 4) is 5.75 Å². The van der Waals surface area contributed by atoms with Crippen molar-refractivity contribution in [1.82, 2.24) is 16.2 Å². The molecule has 1 heterocycles. The van der Waals surface area contributed by atoms with Gasteiger partial charge in [-0.1, -0.05) is 17.7 Å². The number of furan rings is 1. The summed E-state index contributed by atoms with van der Waals surface area (Å²) < 4.78 is 10.6. The van der Waals surface area contributed by atoms with E-state index in [9.17, 15) is 9.59 Å². The van der Waals surface area contributed by atoms with Gasteiger partial charge in [0.25, 0.3) is 5.91 Å². The van der Waals surface area contributed by atoms with Crippen LogP contribution in [0.25, 0.3) is 0 Å². The Morgan fingerprint density at radius 2 is 1.84 bits per heavy atom. The molecule has 1 aromatic heterocycles. The van der Waals surface area contributed by atoms with Crippen LogP contribution in [0, 0.1) is 20.8 Å². The Morgan fingerprint density at radius 3 is 2.44 bits per heavy atom. The lowest BCUT2D eigenvalue weighted by Gasteiger charge is -2.18. The SMILES string of the molecule is COc1ccc(C)cc1C(C)NC(=O)NNC(=O)c1cc(C)oc1C. The van der Waals surface area contributed by atoms with Gasteiger partial charge in [0.1, 0.15) is 17.3 Å². The average Bonchev–Trinajstić information content (AvgIpc) is 2.91. The normalized spacial score (nSPS) is 11.6. The predicted molar refractivity (Wildman–Crippen MR) is 93.5 cm³/mol. The lowest BCUT2D eigenvalue weighted by atomic mass is 10.0. The third kappa shape index (κ3) is 4.53. The maximum atomic E-state index is 12.1. The van der Waals surface area contributed by atoms with E-state index in [1.165, 1.54) is 0 Å². The van der Waals surface area contributed by atoms with Gasteiger partial charge in [-0.2, -0.15) is 0 Å². The van der Waals surface area contributed by atoms with Crippen molar-refractivity contribution < 1.29 is 18.7 Å². The van der Waals surface area contributed by atoms with Gasteiger partial charge in [-0.3, -0.25) is 10.2 Å². The maximum absolute atomic E-state index is 12.1. The second-order valence-electron chi connectivity index (χ2n) is 5.85. The highest BCUT2D eigenvalue weighted by molar-refractivity contribution is 5.96. The minimum atomic E-state index is -0.526. The third-order valence-corrected chi connectivity index (χ3v) is 3.77. The Hall–Kier alpha value is -2.96. The molecular formula is C18H23N3O4. The van der Waals surface area contributed by atoms with E-state index in [2.05, 4.69) is 16.2 Å². The Balaban J connectivity index is 1.95. The Morgan fingerprint density at radius 1 is 1.12 bits per heavy atom. The first kappa shape index (κ1) is 18.4. The first-order valence-electron chi connectivity index (χ1n) is 7.90. The van der Waals surface area contributed by atoms with Crippen molar-refractivity contribution in [3.63, 3.8) is 0 Å². The van der Waals surface area contributed by atoms with E-state index in [0.29, 0.717) is 22.8 Å². The second kappa shape index (κ2) is 7.74. The number of hydrogen-bond acceptors (Lipinski definition) is 4. The topological polar surface area (TPSA) is 92.6 Å². The summed E-state index contributed by atoms with van der Waals surface area (Å²) in [5.41, 5.74) is 6.99. The van der Waals surface area contributed by atoms with Gasteiger partial charge in [0.05, 0.1) is 18.7 Å². The molecule has 7 heteroatoms. The standard InChI is InChI=1S/C18H23N3O4/c1-10-6-7-16(24-5)14(8-10)12(3)19-18(23)21-20-17(22)15-9-11(2)25-13(15)4/h6-9,12H,1-5H3,(H,20,22)(H2,19,21,23). The summed E-state index contributed by atoms with van der Waals surface area (Å²) in [6, 6.07) is 6.52. The van der Waals surface area contributed by atoms with Gasteiger partial charge in [-0.15, -0.1) is 0 Å². The molecule has 0 spiro atoms. The second-order valence-corrected chi connectivity index (χ2v) is 5.85. The van der Waals surface area contributed by atoms with Crippen molar-refractivity contribution in [2.24, 2.45) is 0 Å². The number of carbonyl (C=O) groups is 2. The summed E-state index contributed by atoms with van der Waals surface area (Å²) in [5.74, 6) is 1.37. The molecule has 0 aliphatic rings. The number of methoxy groups -OCH3 is 1. The summed E-state index contributed by atoms with van der Waals surface area (Å²) in [6.45, 7) is 7.24. The van der Waals surface area contributed by atoms with Crippen LogP contribution in [0.15, 0.2) is 28.7 Å². The molecule has 1 aromatic carbocycles. The largest absolute Gasteiger partial charge is 0.496 e. The van der Waals surface area contributed by atoms with Crippen LogP contribution in [0.2, 0.25) is 0 Å². The minimum absolute atomic E-state index is 0.301. The predicted octanol–water partition coefficient (Wildman–Crippen LogP) is 2.92. The van der Waals surface area contributed by atoms with Crippen molar-refractivity contribution in [2.75, 3.05) is 7.11 Å².